The van der Waals surface area contributed by atoms with Crippen LogP contribution in [0, 0.1) is 5.82 Å². The van der Waals surface area contributed by atoms with Crippen LogP contribution in [0.4, 0.5) is 4.39 Å². The molecule has 0 saturated heterocycles. The third-order valence-electron chi connectivity index (χ3n) is 3.30. The highest BCUT2D eigenvalue weighted by molar-refractivity contribution is 5.92. The molecule has 23 heavy (non-hydrogen) atoms. The SMILES string of the molecule is CN=C(NCc1cccc(C(N)=O)c1)NCc1ccccc1F. The molecular weight excluding hydrogens is 295 g/mol. The van der Waals surface area contributed by atoms with Crippen molar-refractivity contribution < 1.29 is 9.18 Å². The Hall–Kier alpha value is -2.89. The number of primary amides is 1. The lowest BCUT2D eigenvalue weighted by atomic mass is 10.1. The van der Waals surface area contributed by atoms with E-state index >= 15 is 0 Å². The molecule has 6 heteroatoms. The highest BCUT2D eigenvalue weighted by atomic mass is 19.1. The molecule has 0 aromatic heterocycles. The number of benzene rings is 2. The first-order valence-corrected chi connectivity index (χ1v) is 7.17. The van der Waals surface area contributed by atoms with Gasteiger partial charge in [0.05, 0.1) is 0 Å². The number of nitrogens with zero attached hydrogens (tertiary/aromatic N) is 1. The second kappa shape index (κ2) is 7.93. The summed E-state index contributed by atoms with van der Waals surface area (Å²) in [5.41, 5.74) is 7.18. The predicted molar refractivity (Wildman–Crippen MR) is 88.4 cm³/mol. The molecule has 0 aliphatic carbocycles. The summed E-state index contributed by atoms with van der Waals surface area (Å²) in [5, 5.41) is 6.15. The van der Waals surface area contributed by atoms with Crippen molar-refractivity contribution in [3.63, 3.8) is 0 Å². The van der Waals surface area contributed by atoms with Gasteiger partial charge in [-0.3, -0.25) is 9.79 Å². The van der Waals surface area contributed by atoms with Gasteiger partial charge >= 0.3 is 0 Å². The van der Waals surface area contributed by atoms with E-state index in [4.69, 9.17) is 5.73 Å². The Labute approximate surface area is 134 Å². The molecule has 120 valence electrons. The van der Waals surface area contributed by atoms with Crippen molar-refractivity contribution in [1.29, 1.82) is 0 Å². The maximum Gasteiger partial charge on any atom is 0.248 e. The second-order valence-electron chi connectivity index (χ2n) is 4.94. The van der Waals surface area contributed by atoms with Gasteiger partial charge in [0, 0.05) is 31.3 Å². The minimum atomic E-state index is -0.464. The molecule has 2 aromatic carbocycles. The van der Waals surface area contributed by atoms with Crippen molar-refractivity contribution in [3.05, 3.63) is 71.0 Å². The zero-order valence-electron chi connectivity index (χ0n) is 12.8. The highest BCUT2D eigenvalue weighted by Crippen LogP contribution is 2.06. The third-order valence-corrected chi connectivity index (χ3v) is 3.30. The molecule has 0 fully saturated rings. The van der Waals surface area contributed by atoms with Crippen molar-refractivity contribution in [1.82, 2.24) is 10.6 Å². The molecule has 0 saturated carbocycles. The number of amides is 1. The number of aliphatic imine (C=N–C) groups is 1. The number of carbonyl (C=O) groups excluding carboxylic acids is 1. The van der Waals surface area contributed by atoms with Gasteiger partial charge in [-0.15, -0.1) is 0 Å². The normalized spacial score (nSPS) is 11.1. The van der Waals surface area contributed by atoms with Crippen LogP contribution in [0.2, 0.25) is 0 Å². The topological polar surface area (TPSA) is 79.5 Å². The number of rotatable bonds is 5. The summed E-state index contributed by atoms with van der Waals surface area (Å²) < 4.78 is 13.6. The van der Waals surface area contributed by atoms with Gasteiger partial charge in [0.25, 0.3) is 0 Å². The molecule has 2 aromatic rings. The van der Waals surface area contributed by atoms with Crippen LogP contribution in [0.1, 0.15) is 21.5 Å². The molecule has 0 spiro atoms. The van der Waals surface area contributed by atoms with Gasteiger partial charge in [-0.1, -0.05) is 30.3 Å². The molecule has 0 aliphatic heterocycles. The molecule has 2 rings (SSSR count). The summed E-state index contributed by atoms with van der Waals surface area (Å²) in [6.45, 7) is 0.797. The van der Waals surface area contributed by atoms with E-state index < -0.39 is 5.91 Å². The van der Waals surface area contributed by atoms with E-state index in [9.17, 15) is 9.18 Å². The number of nitrogens with two attached hydrogens (primary N) is 1. The second-order valence-corrected chi connectivity index (χ2v) is 4.94. The van der Waals surface area contributed by atoms with Gasteiger partial charge < -0.3 is 16.4 Å². The van der Waals surface area contributed by atoms with Crippen LogP contribution in [0.5, 0.6) is 0 Å². The van der Waals surface area contributed by atoms with E-state index in [2.05, 4.69) is 15.6 Å². The lowest BCUT2D eigenvalue weighted by molar-refractivity contribution is 0.1000. The van der Waals surface area contributed by atoms with Crippen LogP contribution in [-0.2, 0) is 13.1 Å². The average molecular weight is 314 g/mol. The van der Waals surface area contributed by atoms with Crippen molar-refractivity contribution in [3.8, 4) is 0 Å². The first-order chi connectivity index (χ1) is 11.1. The van der Waals surface area contributed by atoms with E-state index in [1.54, 1.807) is 43.4 Å². The van der Waals surface area contributed by atoms with Crippen LogP contribution in [0.15, 0.2) is 53.5 Å². The lowest BCUT2D eigenvalue weighted by Crippen LogP contribution is -2.36. The van der Waals surface area contributed by atoms with Crippen molar-refractivity contribution in [2.24, 2.45) is 10.7 Å². The highest BCUT2D eigenvalue weighted by Gasteiger charge is 2.04. The number of hydrogen-bond acceptors (Lipinski definition) is 2. The molecular formula is C17H19FN4O. The van der Waals surface area contributed by atoms with E-state index in [0.29, 0.717) is 30.2 Å². The average Bonchev–Trinajstić information content (AvgIpc) is 2.56. The predicted octanol–water partition coefficient (Wildman–Crippen LogP) is 1.79. The fourth-order valence-corrected chi connectivity index (χ4v) is 2.06. The van der Waals surface area contributed by atoms with Crippen LogP contribution < -0.4 is 16.4 Å². The number of guanidine groups is 1. The van der Waals surface area contributed by atoms with E-state index in [0.717, 1.165) is 5.56 Å². The molecule has 0 bridgehead atoms. The lowest BCUT2D eigenvalue weighted by Gasteiger charge is -2.12. The van der Waals surface area contributed by atoms with E-state index in [-0.39, 0.29) is 5.82 Å². The van der Waals surface area contributed by atoms with Gasteiger partial charge in [0.15, 0.2) is 5.96 Å². The summed E-state index contributed by atoms with van der Waals surface area (Å²) in [6, 6.07) is 13.6. The Morgan fingerprint density at radius 3 is 2.57 bits per heavy atom. The maximum atomic E-state index is 13.6. The van der Waals surface area contributed by atoms with Gasteiger partial charge in [-0.2, -0.15) is 0 Å². The summed E-state index contributed by atoms with van der Waals surface area (Å²) in [7, 11) is 1.64. The molecule has 0 unspecified atom stereocenters. The number of hydrogen-bond donors (Lipinski definition) is 3. The fraction of sp³-hybridized carbons (Fsp3) is 0.176. The van der Waals surface area contributed by atoms with Crippen molar-refractivity contribution in [2.75, 3.05) is 7.05 Å². The van der Waals surface area contributed by atoms with Gasteiger partial charge in [0.2, 0.25) is 5.91 Å². The quantitative estimate of drug-likeness (QED) is 0.581. The molecule has 0 radical (unpaired) electrons. The zero-order chi connectivity index (χ0) is 16.7. The first kappa shape index (κ1) is 16.5. The summed E-state index contributed by atoms with van der Waals surface area (Å²) >= 11 is 0. The Morgan fingerprint density at radius 1 is 1.13 bits per heavy atom. The van der Waals surface area contributed by atoms with E-state index in [1.807, 2.05) is 6.07 Å². The zero-order valence-corrected chi connectivity index (χ0v) is 12.8. The Kier molecular flexibility index (Phi) is 5.68. The standard InChI is InChI=1S/C17H19FN4O/c1-20-17(22-11-14-6-2-3-8-15(14)18)21-10-12-5-4-7-13(9-12)16(19)23/h2-9H,10-11H2,1H3,(H2,19,23)(H2,20,21,22). The van der Waals surface area contributed by atoms with Gasteiger partial charge in [0.1, 0.15) is 5.82 Å². The summed E-state index contributed by atoms with van der Waals surface area (Å²) in [5.74, 6) is -0.184. The Bertz CT molecular complexity index is 715. The summed E-state index contributed by atoms with van der Waals surface area (Å²) in [6.07, 6.45) is 0. The molecule has 0 heterocycles. The Morgan fingerprint density at radius 2 is 1.87 bits per heavy atom. The number of halogens is 1. The number of nitrogens with one attached hydrogen (secondary N) is 2. The molecule has 0 atom stereocenters. The smallest absolute Gasteiger partial charge is 0.248 e. The van der Waals surface area contributed by atoms with Gasteiger partial charge in [-0.05, 0) is 23.8 Å². The summed E-state index contributed by atoms with van der Waals surface area (Å²) in [4.78, 5) is 15.3. The van der Waals surface area contributed by atoms with Crippen molar-refractivity contribution >= 4 is 11.9 Å². The molecule has 4 N–H and O–H groups in total. The molecule has 5 nitrogen and oxygen atoms in total. The van der Waals surface area contributed by atoms with Crippen LogP contribution in [0.3, 0.4) is 0 Å². The largest absolute Gasteiger partial charge is 0.366 e. The van der Waals surface area contributed by atoms with E-state index in [1.165, 1.54) is 6.07 Å². The minimum absolute atomic E-state index is 0.260. The Balaban J connectivity index is 1.92. The monoisotopic (exact) mass is 314 g/mol. The van der Waals surface area contributed by atoms with Crippen LogP contribution in [-0.4, -0.2) is 18.9 Å². The first-order valence-electron chi connectivity index (χ1n) is 7.17. The van der Waals surface area contributed by atoms with Gasteiger partial charge in [-0.25, -0.2) is 4.39 Å². The molecule has 0 aliphatic rings. The third kappa shape index (κ3) is 4.81. The molecule has 1 amide bonds. The fourth-order valence-electron chi connectivity index (χ4n) is 2.06. The number of carbonyl (C=O) groups is 1. The van der Waals surface area contributed by atoms with Crippen LogP contribution >= 0.6 is 0 Å². The van der Waals surface area contributed by atoms with Crippen molar-refractivity contribution in [2.45, 2.75) is 13.1 Å². The maximum absolute atomic E-state index is 13.6. The minimum Gasteiger partial charge on any atom is -0.366 e. The van der Waals surface area contributed by atoms with Crippen LogP contribution in [0.25, 0.3) is 0 Å².